The average molecular weight is 383 g/mol. The maximum absolute atomic E-state index is 11.8. The van der Waals surface area contributed by atoms with Gasteiger partial charge in [0.15, 0.2) is 11.7 Å². The molecule has 2 amide bonds. The second-order valence-corrected chi connectivity index (χ2v) is 6.25. The van der Waals surface area contributed by atoms with E-state index in [4.69, 9.17) is 17.0 Å². The van der Waals surface area contributed by atoms with Crippen molar-refractivity contribution in [2.75, 3.05) is 6.61 Å². The summed E-state index contributed by atoms with van der Waals surface area (Å²) in [5.41, 5.74) is 7.95. The lowest BCUT2D eigenvalue weighted by atomic mass is 10.1. The SMILES string of the molecule is Cc1ccc(/C=C/C(=O)NC(=S)NNC(=O)COc2ccc(C)cc2)cc1. The molecule has 0 aliphatic rings. The van der Waals surface area contributed by atoms with Crippen molar-refractivity contribution in [1.82, 2.24) is 16.2 Å². The fourth-order valence-electron chi connectivity index (χ4n) is 1.98. The minimum atomic E-state index is -0.428. The van der Waals surface area contributed by atoms with Gasteiger partial charge in [-0.3, -0.25) is 25.8 Å². The van der Waals surface area contributed by atoms with Crippen LogP contribution < -0.4 is 20.9 Å². The van der Waals surface area contributed by atoms with Gasteiger partial charge in [0.05, 0.1) is 0 Å². The minimum absolute atomic E-state index is 0.0164. The number of rotatable bonds is 5. The molecular formula is C20H21N3O3S. The molecule has 0 aromatic heterocycles. The van der Waals surface area contributed by atoms with Gasteiger partial charge in [0, 0.05) is 6.08 Å². The van der Waals surface area contributed by atoms with Crippen LogP contribution in [0.25, 0.3) is 6.08 Å². The van der Waals surface area contributed by atoms with Crippen LogP contribution in [-0.2, 0) is 9.59 Å². The van der Waals surface area contributed by atoms with Gasteiger partial charge in [0.1, 0.15) is 5.75 Å². The van der Waals surface area contributed by atoms with E-state index in [-0.39, 0.29) is 11.7 Å². The number of hydrogen-bond donors (Lipinski definition) is 3. The number of ether oxygens (including phenoxy) is 1. The fraction of sp³-hybridized carbons (Fsp3) is 0.150. The van der Waals surface area contributed by atoms with E-state index in [0.717, 1.165) is 16.7 Å². The molecule has 0 fully saturated rings. The number of amides is 2. The number of nitrogens with one attached hydrogen (secondary N) is 3. The molecule has 0 saturated carbocycles. The Balaban J connectivity index is 1.68. The predicted molar refractivity (Wildman–Crippen MR) is 109 cm³/mol. The van der Waals surface area contributed by atoms with Crippen molar-refractivity contribution >= 4 is 35.2 Å². The van der Waals surface area contributed by atoms with E-state index >= 15 is 0 Å². The molecule has 0 spiro atoms. The van der Waals surface area contributed by atoms with Gasteiger partial charge in [0.2, 0.25) is 5.91 Å². The lowest BCUT2D eigenvalue weighted by Gasteiger charge is -2.10. The first-order valence-electron chi connectivity index (χ1n) is 8.26. The second-order valence-electron chi connectivity index (χ2n) is 5.84. The van der Waals surface area contributed by atoms with Crippen LogP contribution in [0.2, 0.25) is 0 Å². The predicted octanol–water partition coefficient (Wildman–Crippen LogP) is 2.42. The van der Waals surface area contributed by atoms with Crippen molar-refractivity contribution in [3.8, 4) is 5.75 Å². The monoisotopic (exact) mass is 383 g/mol. The standard InChI is InChI=1S/C20H21N3O3S/c1-14-3-7-16(8-4-14)9-12-18(24)21-20(27)23-22-19(25)13-26-17-10-5-15(2)6-11-17/h3-12H,13H2,1-2H3,(H,22,25)(H2,21,23,24,27)/b12-9+. The Morgan fingerprint density at radius 3 is 2.19 bits per heavy atom. The van der Waals surface area contributed by atoms with Crippen LogP contribution in [0.4, 0.5) is 0 Å². The van der Waals surface area contributed by atoms with E-state index in [0.29, 0.717) is 5.75 Å². The molecule has 7 heteroatoms. The summed E-state index contributed by atoms with van der Waals surface area (Å²) >= 11 is 4.96. The molecule has 0 heterocycles. The number of aryl methyl sites for hydroxylation is 2. The third-order valence-electron chi connectivity index (χ3n) is 3.45. The molecule has 140 valence electrons. The molecule has 0 bridgehead atoms. The molecule has 27 heavy (non-hydrogen) atoms. The highest BCUT2D eigenvalue weighted by atomic mass is 32.1. The summed E-state index contributed by atoms with van der Waals surface area (Å²) in [5.74, 6) is -0.242. The number of benzene rings is 2. The fourth-order valence-corrected chi connectivity index (χ4v) is 2.13. The highest BCUT2D eigenvalue weighted by Crippen LogP contribution is 2.10. The lowest BCUT2D eigenvalue weighted by Crippen LogP contribution is -2.49. The quantitative estimate of drug-likeness (QED) is 0.420. The van der Waals surface area contributed by atoms with Crippen molar-refractivity contribution in [1.29, 1.82) is 0 Å². The van der Waals surface area contributed by atoms with E-state index in [2.05, 4.69) is 16.2 Å². The van der Waals surface area contributed by atoms with Crippen molar-refractivity contribution in [2.45, 2.75) is 13.8 Å². The highest BCUT2D eigenvalue weighted by molar-refractivity contribution is 7.80. The van der Waals surface area contributed by atoms with Gasteiger partial charge in [-0.25, -0.2) is 0 Å². The van der Waals surface area contributed by atoms with Gasteiger partial charge in [0.25, 0.3) is 5.91 Å². The normalized spacial score (nSPS) is 10.3. The van der Waals surface area contributed by atoms with Crippen molar-refractivity contribution in [3.63, 3.8) is 0 Å². The average Bonchev–Trinajstić information content (AvgIpc) is 2.65. The summed E-state index contributed by atoms with van der Waals surface area (Å²) in [6.45, 7) is 3.77. The maximum atomic E-state index is 11.8. The number of thiocarbonyl (C=S) groups is 1. The lowest BCUT2D eigenvalue weighted by molar-refractivity contribution is -0.123. The largest absolute Gasteiger partial charge is 0.484 e. The van der Waals surface area contributed by atoms with E-state index < -0.39 is 11.8 Å². The van der Waals surface area contributed by atoms with Crippen LogP contribution in [-0.4, -0.2) is 23.5 Å². The van der Waals surface area contributed by atoms with Gasteiger partial charge < -0.3 is 4.74 Å². The molecular weight excluding hydrogens is 362 g/mol. The first-order chi connectivity index (χ1) is 12.9. The van der Waals surface area contributed by atoms with Crippen LogP contribution in [0, 0.1) is 13.8 Å². The third-order valence-corrected chi connectivity index (χ3v) is 3.65. The maximum Gasteiger partial charge on any atom is 0.276 e. The molecule has 2 rings (SSSR count). The number of carbonyl (C=O) groups is 2. The zero-order valence-electron chi connectivity index (χ0n) is 15.1. The molecule has 0 atom stereocenters. The Bertz CT molecular complexity index is 831. The van der Waals surface area contributed by atoms with Crippen molar-refractivity contribution in [2.24, 2.45) is 0 Å². The van der Waals surface area contributed by atoms with Crippen LogP contribution in [0.1, 0.15) is 16.7 Å². The molecule has 3 N–H and O–H groups in total. The zero-order chi connectivity index (χ0) is 19.6. The van der Waals surface area contributed by atoms with Crippen LogP contribution in [0.5, 0.6) is 5.75 Å². The van der Waals surface area contributed by atoms with Gasteiger partial charge in [-0.2, -0.15) is 0 Å². The van der Waals surface area contributed by atoms with Crippen LogP contribution in [0.3, 0.4) is 0 Å². The smallest absolute Gasteiger partial charge is 0.276 e. The van der Waals surface area contributed by atoms with E-state index in [9.17, 15) is 9.59 Å². The molecule has 0 aliphatic heterocycles. The first kappa shape index (κ1) is 20.1. The van der Waals surface area contributed by atoms with Crippen molar-refractivity contribution < 1.29 is 14.3 Å². The summed E-state index contributed by atoms with van der Waals surface area (Å²) in [7, 11) is 0. The Morgan fingerprint density at radius 1 is 0.963 bits per heavy atom. The molecule has 2 aromatic rings. The summed E-state index contributed by atoms with van der Waals surface area (Å²) in [4.78, 5) is 23.5. The third kappa shape index (κ3) is 7.70. The molecule has 6 nitrogen and oxygen atoms in total. The summed E-state index contributed by atoms with van der Waals surface area (Å²) in [5, 5.41) is 2.42. The summed E-state index contributed by atoms with van der Waals surface area (Å²) < 4.78 is 5.34. The minimum Gasteiger partial charge on any atom is -0.484 e. The van der Waals surface area contributed by atoms with Crippen LogP contribution >= 0.6 is 12.2 Å². The van der Waals surface area contributed by atoms with E-state index in [1.54, 1.807) is 18.2 Å². The first-order valence-corrected chi connectivity index (χ1v) is 8.67. The molecule has 2 aromatic carbocycles. The Hall–Kier alpha value is -3.19. The molecule has 0 aliphatic carbocycles. The van der Waals surface area contributed by atoms with E-state index in [1.165, 1.54) is 6.08 Å². The molecule has 0 unspecified atom stereocenters. The van der Waals surface area contributed by atoms with Gasteiger partial charge in [-0.05, 0) is 49.8 Å². The number of carbonyl (C=O) groups excluding carboxylic acids is 2. The van der Waals surface area contributed by atoms with Gasteiger partial charge in [-0.15, -0.1) is 0 Å². The summed E-state index contributed by atoms with van der Waals surface area (Å²) in [6.07, 6.45) is 3.03. The van der Waals surface area contributed by atoms with Crippen LogP contribution in [0.15, 0.2) is 54.6 Å². The Morgan fingerprint density at radius 2 is 1.56 bits per heavy atom. The Labute approximate surface area is 163 Å². The van der Waals surface area contributed by atoms with Gasteiger partial charge in [-0.1, -0.05) is 47.5 Å². The Kier molecular flexibility index (Phi) is 7.51. The second kappa shape index (κ2) is 10.1. The van der Waals surface area contributed by atoms with Gasteiger partial charge >= 0.3 is 0 Å². The number of hydrazine groups is 1. The van der Waals surface area contributed by atoms with Crippen molar-refractivity contribution in [3.05, 3.63) is 71.3 Å². The zero-order valence-corrected chi connectivity index (χ0v) is 15.9. The topological polar surface area (TPSA) is 79.5 Å². The highest BCUT2D eigenvalue weighted by Gasteiger charge is 2.05. The van der Waals surface area contributed by atoms with E-state index in [1.807, 2.05) is 50.2 Å². The number of hydrogen-bond acceptors (Lipinski definition) is 4. The molecule has 0 saturated heterocycles. The molecule has 0 radical (unpaired) electrons. The summed E-state index contributed by atoms with van der Waals surface area (Å²) in [6, 6.07) is 15.1.